The van der Waals surface area contributed by atoms with Gasteiger partial charge in [0.2, 0.25) is 0 Å². The highest BCUT2D eigenvalue weighted by atomic mass is 16.7. The Morgan fingerprint density at radius 1 is 1.30 bits per heavy atom. The van der Waals surface area contributed by atoms with E-state index < -0.39 is 12.0 Å². The first kappa shape index (κ1) is 13.3. The normalized spacial score (nSPS) is 12.9. The zero-order chi connectivity index (χ0) is 14.4. The molecule has 20 heavy (non-hydrogen) atoms. The fraction of sp³-hybridized carbons (Fsp3) is 0. The molecule has 2 rings (SSSR count). The second-order valence-electron chi connectivity index (χ2n) is 3.61. The van der Waals surface area contributed by atoms with Gasteiger partial charge in [-0.2, -0.15) is 5.48 Å². The van der Waals surface area contributed by atoms with Gasteiger partial charge in [0.25, 0.3) is 0 Å². The number of allylic oxidation sites excluding steroid dienone is 4. The highest BCUT2D eigenvalue weighted by molar-refractivity contribution is 5.94. The SMILES string of the molecule is NC(=O)NOC(=O)c1cncnc1C1=CC=CC=CN1. The molecule has 1 aromatic heterocycles. The van der Waals surface area contributed by atoms with Gasteiger partial charge in [-0.3, -0.25) is 0 Å². The van der Waals surface area contributed by atoms with Crippen molar-refractivity contribution < 1.29 is 14.4 Å². The molecule has 0 spiro atoms. The summed E-state index contributed by atoms with van der Waals surface area (Å²) in [5, 5.41) is 2.97. The van der Waals surface area contributed by atoms with E-state index in [1.54, 1.807) is 29.9 Å². The maximum atomic E-state index is 11.8. The monoisotopic (exact) mass is 273 g/mol. The first-order chi connectivity index (χ1) is 9.68. The molecule has 4 N–H and O–H groups in total. The van der Waals surface area contributed by atoms with E-state index in [4.69, 9.17) is 5.73 Å². The van der Waals surface area contributed by atoms with Crippen LogP contribution < -0.4 is 16.5 Å². The van der Waals surface area contributed by atoms with Gasteiger partial charge in [0.1, 0.15) is 17.6 Å². The van der Waals surface area contributed by atoms with Gasteiger partial charge in [0.05, 0.1) is 5.70 Å². The van der Waals surface area contributed by atoms with E-state index in [1.165, 1.54) is 12.5 Å². The molecule has 0 unspecified atom stereocenters. The van der Waals surface area contributed by atoms with E-state index in [0.717, 1.165) is 0 Å². The van der Waals surface area contributed by atoms with Crippen LogP contribution in [-0.4, -0.2) is 22.0 Å². The largest absolute Gasteiger partial charge is 0.366 e. The van der Waals surface area contributed by atoms with E-state index in [-0.39, 0.29) is 5.56 Å². The van der Waals surface area contributed by atoms with E-state index in [9.17, 15) is 9.59 Å². The number of amides is 2. The summed E-state index contributed by atoms with van der Waals surface area (Å²) >= 11 is 0. The molecule has 0 atom stereocenters. The summed E-state index contributed by atoms with van der Waals surface area (Å²) in [6, 6.07) is -0.977. The molecule has 0 bridgehead atoms. The molecule has 0 fully saturated rings. The van der Waals surface area contributed by atoms with Crippen molar-refractivity contribution >= 4 is 17.7 Å². The lowest BCUT2D eigenvalue weighted by Gasteiger charge is -2.09. The molecule has 0 aliphatic carbocycles. The standard InChI is InChI=1S/C12H11N5O3/c13-12(19)17-20-11(18)8-6-14-7-16-10(8)9-4-2-1-3-5-15-9/h1-7,15H,(H3,13,17,19). The van der Waals surface area contributed by atoms with Crippen molar-refractivity contribution in [2.45, 2.75) is 0 Å². The second-order valence-corrected chi connectivity index (χ2v) is 3.61. The minimum Gasteiger partial charge on any atom is -0.360 e. The van der Waals surface area contributed by atoms with Crippen LogP contribution in [0.5, 0.6) is 0 Å². The number of urea groups is 1. The van der Waals surface area contributed by atoms with Crippen LogP contribution in [0.15, 0.2) is 43.0 Å². The maximum Gasteiger partial charge on any atom is 0.366 e. The first-order valence-electron chi connectivity index (χ1n) is 5.55. The Balaban J connectivity index is 2.28. The Kier molecular flexibility index (Phi) is 4.07. The summed E-state index contributed by atoms with van der Waals surface area (Å²) in [4.78, 5) is 34.7. The summed E-state index contributed by atoms with van der Waals surface area (Å²) in [6.45, 7) is 0. The van der Waals surface area contributed by atoms with Gasteiger partial charge in [-0.25, -0.2) is 19.6 Å². The summed E-state index contributed by atoms with van der Waals surface area (Å²) in [5.41, 5.74) is 7.59. The quantitative estimate of drug-likeness (QED) is 0.663. The molecule has 0 aromatic carbocycles. The molecule has 2 amide bonds. The van der Waals surface area contributed by atoms with E-state index in [0.29, 0.717) is 11.4 Å². The number of nitrogens with one attached hydrogen (secondary N) is 2. The highest BCUT2D eigenvalue weighted by Gasteiger charge is 2.18. The van der Waals surface area contributed by atoms with Gasteiger partial charge >= 0.3 is 12.0 Å². The van der Waals surface area contributed by atoms with Gasteiger partial charge in [-0.1, -0.05) is 12.2 Å². The number of nitrogens with two attached hydrogens (primary N) is 1. The average Bonchev–Trinajstić information content (AvgIpc) is 2.73. The molecule has 1 aliphatic rings. The molecular weight excluding hydrogens is 262 g/mol. The predicted octanol–water partition coefficient (Wildman–Crippen LogP) is 0.231. The summed E-state index contributed by atoms with van der Waals surface area (Å²) in [6.07, 6.45) is 11.4. The van der Waals surface area contributed by atoms with Crippen molar-refractivity contribution in [2.24, 2.45) is 5.73 Å². The van der Waals surface area contributed by atoms with Crippen LogP contribution in [0.1, 0.15) is 16.1 Å². The number of nitrogens with zero attached hydrogens (tertiary/aromatic N) is 2. The molecular formula is C12H11N5O3. The summed E-state index contributed by atoms with van der Waals surface area (Å²) < 4.78 is 0. The Morgan fingerprint density at radius 2 is 2.15 bits per heavy atom. The zero-order valence-electron chi connectivity index (χ0n) is 10.2. The minimum atomic E-state index is -0.977. The Labute approximate surface area is 114 Å². The van der Waals surface area contributed by atoms with Crippen LogP contribution in [0.3, 0.4) is 0 Å². The minimum absolute atomic E-state index is 0.0868. The topological polar surface area (TPSA) is 119 Å². The number of carbonyl (C=O) groups excluding carboxylic acids is 2. The van der Waals surface area contributed by atoms with Crippen molar-refractivity contribution in [1.82, 2.24) is 20.8 Å². The molecule has 1 aliphatic heterocycles. The lowest BCUT2D eigenvalue weighted by Crippen LogP contribution is -2.32. The third-order valence-electron chi connectivity index (χ3n) is 2.25. The van der Waals surface area contributed by atoms with Crippen molar-refractivity contribution in [3.05, 3.63) is 54.3 Å². The molecule has 2 heterocycles. The number of aromatic nitrogens is 2. The van der Waals surface area contributed by atoms with Gasteiger partial charge in [-0.05, 0) is 12.2 Å². The number of hydroxylamine groups is 1. The third-order valence-corrected chi connectivity index (χ3v) is 2.25. The number of carbonyl (C=O) groups is 2. The number of hydrogen-bond acceptors (Lipinski definition) is 6. The van der Waals surface area contributed by atoms with Gasteiger partial charge in [-0.15, -0.1) is 0 Å². The molecule has 0 saturated heterocycles. The average molecular weight is 273 g/mol. The fourth-order valence-corrected chi connectivity index (χ4v) is 1.45. The number of rotatable bonds is 2. The van der Waals surface area contributed by atoms with Crippen molar-refractivity contribution in [3.63, 3.8) is 0 Å². The number of primary amides is 1. The molecule has 0 saturated carbocycles. The highest BCUT2D eigenvalue weighted by Crippen LogP contribution is 2.15. The summed E-state index contributed by atoms with van der Waals surface area (Å²) in [7, 11) is 0. The predicted molar refractivity (Wildman–Crippen MR) is 69.6 cm³/mol. The van der Waals surface area contributed by atoms with Crippen LogP contribution >= 0.6 is 0 Å². The van der Waals surface area contributed by atoms with Crippen LogP contribution in [0, 0.1) is 0 Å². The molecule has 0 radical (unpaired) electrons. The molecule has 1 aromatic rings. The third kappa shape index (κ3) is 3.19. The molecule has 8 nitrogen and oxygen atoms in total. The molecule has 8 heteroatoms. The second kappa shape index (κ2) is 6.14. The smallest absolute Gasteiger partial charge is 0.360 e. The van der Waals surface area contributed by atoms with Crippen molar-refractivity contribution in [3.8, 4) is 0 Å². The van der Waals surface area contributed by atoms with Crippen LogP contribution in [0.4, 0.5) is 4.79 Å². The van der Waals surface area contributed by atoms with Gasteiger partial charge in [0, 0.05) is 12.4 Å². The zero-order valence-corrected chi connectivity index (χ0v) is 10.2. The first-order valence-corrected chi connectivity index (χ1v) is 5.55. The number of hydrogen-bond donors (Lipinski definition) is 3. The van der Waals surface area contributed by atoms with Crippen molar-refractivity contribution in [2.75, 3.05) is 0 Å². The van der Waals surface area contributed by atoms with Gasteiger partial charge in [0.15, 0.2) is 0 Å². The van der Waals surface area contributed by atoms with Gasteiger partial charge < -0.3 is 15.9 Å². The van der Waals surface area contributed by atoms with Crippen LogP contribution in [0.25, 0.3) is 5.70 Å². The fourth-order valence-electron chi connectivity index (χ4n) is 1.45. The lowest BCUT2D eigenvalue weighted by atomic mass is 10.1. The Bertz CT molecular complexity index is 621. The van der Waals surface area contributed by atoms with E-state index >= 15 is 0 Å². The van der Waals surface area contributed by atoms with Crippen molar-refractivity contribution in [1.29, 1.82) is 0 Å². The van der Waals surface area contributed by atoms with E-state index in [2.05, 4.69) is 20.1 Å². The van der Waals surface area contributed by atoms with Crippen LogP contribution in [-0.2, 0) is 4.84 Å². The summed E-state index contributed by atoms with van der Waals surface area (Å²) in [5.74, 6) is -0.820. The molecule has 102 valence electrons. The van der Waals surface area contributed by atoms with Crippen LogP contribution in [0.2, 0.25) is 0 Å². The Hall–Kier alpha value is -3.16. The maximum absolute atomic E-state index is 11.8. The van der Waals surface area contributed by atoms with E-state index in [1.807, 2.05) is 6.08 Å². The Morgan fingerprint density at radius 3 is 2.95 bits per heavy atom. The lowest BCUT2D eigenvalue weighted by molar-refractivity contribution is 0.0334.